The van der Waals surface area contributed by atoms with Crippen molar-refractivity contribution < 1.29 is 13.2 Å². The molecule has 0 saturated heterocycles. The van der Waals surface area contributed by atoms with E-state index in [0.717, 1.165) is 11.5 Å². The minimum Gasteiger partial charge on any atom is -0.382 e. The number of rotatable bonds is 5. The number of amides is 1. The molecule has 1 heterocycles. The lowest BCUT2D eigenvalue weighted by Gasteiger charge is -2.18. The number of carbonyl (C=O) groups is 1. The van der Waals surface area contributed by atoms with E-state index in [1.54, 1.807) is 21.0 Å². The molecule has 1 aromatic rings. The number of likely N-dealkylation sites (N-methyl/N-ethyl adjacent to an activating group) is 1. The van der Waals surface area contributed by atoms with Crippen LogP contribution in [0.5, 0.6) is 0 Å². The van der Waals surface area contributed by atoms with Crippen LogP contribution in [-0.2, 0) is 14.6 Å². The highest BCUT2D eigenvalue weighted by molar-refractivity contribution is 7.92. The Kier molecular flexibility index (Phi) is 3.92. The average Bonchev–Trinajstić information content (AvgIpc) is 3.14. The first kappa shape index (κ1) is 15.0. The van der Waals surface area contributed by atoms with E-state index in [-0.39, 0.29) is 21.9 Å². The fourth-order valence-electron chi connectivity index (χ4n) is 1.85. The van der Waals surface area contributed by atoms with Gasteiger partial charge in [-0.25, -0.2) is 8.42 Å². The van der Waals surface area contributed by atoms with Gasteiger partial charge in [-0.3, -0.25) is 4.79 Å². The van der Waals surface area contributed by atoms with Crippen LogP contribution in [0.2, 0.25) is 0 Å². The number of carbonyl (C=O) groups excluding carboxylic acids is 1. The van der Waals surface area contributed by atoms with E-state index >= 15 is 0 Å². The van der Waals surface area contributed by atoms with Gasteiger partial charge < -0.3 is 16.0 Å². The minimum absolute atomic E-state index is 0.00824. The summed E-state index contributed by atoms with van der Waals surface area (Å²) in [5.74, 6) is -0.138. The average molecular weight is 318 g/mol. The van der Waals surface area contributed by atoms with Crippen molar-refractivity contribution in [3.05, 3.63) is 0 Å². The van der Waals surface area contributed by atoms with Gasteiger partial charge in [0.05, 0.1) is 5.25 Å². The van der Waals surface area contributed by atoms with Crippen molar-refractivity contribution in [2.45, 2.75) is 36.0 Å². The molecule has 1 unspecified atom stereocenters. The molecule has 3 N–H and O–H groups in total. The minimum atomic E-state index is -3.44. The molecule has 0 aromatic carbocycles. The first-order valence-corrected chi connectivity index (χ1v) is 8.54. The number of nitrogens with zero attached hydrogens (tertiary/aromatic N) is 2. The van der Waals surface area contributed by atoms with Gasteiger partial charge in [0, 0.05) is 14.1 Å². The third-order valence-corrected chi connectivity index (χ3v) is 6.33. The standard InChI is InChI=1S/C11H18N4O3S2/c1-6(11(16)15(2)3)13-10-8(9(12)14-19-10)20(17,18)7-4-5-7/h6-7,13H,4-5H2,1-3H3,(H2,12,14). The van der Waals surface area contributed by atoms with Crippen molar-refractivity contribution in [1.82, 2.24) is 9.27 Å². The lowest BCUT2D eigenvalue weighted by molar-refractivity contribution is -0.129. The van der Waals surface area contributed by atoms with Crippen LogP contribution in [0.1, 0.15) is 19.8 Å². The quantitative estimate of drug-likeness (QED) is 0.821. The Morgan fingerprint density at radius 3 is 2.60 bits per heavy atom. The van der Waals surface area contributed by atoms with Crippen LogP contribution in [0, 0.1) is 0 Å². The molecule has 1 atom stereocenters. The van der Waals surface area contributed by atoms with Gasteiger partial charge >= 0.3 is 0 Å². The zero-order valence-electron chi connectivity index (χ0n) is 11.6. The molecule has 1 fully saturated rings. The molecule has 0 radical (unpaired) electrons. The highest BCUT2D eigenvalue weighted by atomic mass is 32.2. The van der Waals surface area contributed by atoms with Gasteiger partial charge in [0.25, 0.3) is 0 Å². The summed E-state index contributed by atoms with van der Waals surface area (Å²) < 4.78 is 28.6. The van der Waals surface area contributed by atoms with Crippen LogP contribution >= 0.6 is 11.5 Å². The SMILES string of the molecule is CC(Nc1snc(N)c1S(=O)(=O)C1CC1)C(=O)N(C)C. The van der Waals surface area contributed by atoms with E-state index in [1.165, 1.54) is 4.90 Å². The lowest BCUT2D eigenvalue weighted by atomic mass is 10.3. The molecule has 1 aliphatic rings. The van der Waals surface area contributed by atoms with E-state index in [9.17, 15) is 13.2 Å². The predicted molar refractivity (Wildman–Crippen MR) is 78.5 cm³/mol. The molecule has 7 nitrogen and oxygen atoms in total. The molecule has 112 valence electrons. The van der Waals surface area contributed by atoms with E-state index in [4.69, 9.17) is 5.73 Å². The van der Waals surface area contributed by atoms with Crippen molar-refractivity contribution in [3.8, 4) is 0 Å². The van der Waals surface area contributed by atoms with Gasteiger partial charge in [0.15, 0.2) is 15.7 Å². The van der Waals surface area contributed by atoms with Crippen LogP contribution in [0.3, 0.4) is 0 Å². The third kappa shape index (κ3) is 2.73. The molecular weight excluding hydrogens is 300 g/mol. The zero-order valence-corrected chi connectivity index (χ0v) is 13.2. The number of anilines is 2. The van der Waals surface area contributed by atoms with Gasteiger partial charge in [0.1, 0.15) is 15.9 Å². The second kappa shape index (κ2) is 5.21. The lowest BCUT2D eigenvalue weighted by Crippen LogP contribution is -2.36. The normalized spacial score (nSPS) is 16.8. The zero-order chi connectivity index (χ0) is 15.1. The fraction of sp³-hybridized carbons (Fsp3) is 0.636. The summed E-state index contributed by atoms with van der Waals surface area (Å²) in [4.78, 5) is 13.3. The predicted octanol–water partition coefficient (Wildman–Crippen LogP) is 0.550. The Bertz CT molecular complexity index is 620. The van der Waals surface area contributed by atoms with Gasteiger partial charge in [-0.05, 0) is 31.3 Å². The highest BCUT2D eigenvalue weighted by Crippen LogP contribution is 2.41. The Labute approximate surface area is 122 Å². The third-order valence-electron chi connectivity index (χ3n) is 3.08. The number of aromatic nitrogens is 1. The Morgan fingerprint density at radius 1 is 1.50 bits per heavy atom. The second-order valence-corrected chi connectivity index (χ2v) is 8.01. The molecule has 1 aromatic heterocycles. The monoisotopic (exact) mass is 318 g/mol. The first-order valence-electron chi connectivity index (χ1n) is 6.22. The van der Waals surface area contributed by atoms with Crippen molar-refractivity contribution in [2.75, 3.05) is 25.1 Å². The van der Waals surface area contributed by atoms with Gasteiger partial charge in [-0.2, -0.15) is 4.37 Å². The maximum atomic E-state index is 12.3. The molecule has 0 bridgehead atoms. The van der Waals surface area contributed by atoms with Crippen molar-refractivity contribution >= 4 is 38.1 Å². The second-order valence-electron chi connectivity index (χ2n) is 5.07. The smallest absolute Gasteiger partial charge is 0.244 e. The summed E-state index contributed by atoms with van der Waals surface area (Å²) >= 11 is 0.970. The molecule has 9 heteroatoms. The molecular formula is C11H18N4O3S2. The molecule has 1 amide bonds. The first-order chi connectivity index (χ1) is 9.25. The number of hydrogen-bond donors (Lipinski definition) is 2. The Morgan fingerprint density at radius 2 is 2.10 bits per heavy atom. The van der Waals surface area contributed by atoms with Gasteiger partial charge in [-0.1, -0.05) is 0 Å². The number of nitrogen functional groups attached to an aromatic ring is 1. The summed E-state index contributed by atoms with van der Waals surface area (Å²) in [6.07, 6.45) is 1.31. The van der Waals surface area contributed by atoms with Crippen LogP contribution < -0.4 is 11.1 Å². The van der Waals surface area contributed by atoms with E-state index in [1.807, 2.05) is 0 Å². The number of nitrogens with two attached hydrogens (primary N) is 1. The summed E-state index contributed by atoms with van der Waals surface area (Å²) in [6.45, 7) is 1.67. The maximum absolute atomic E-state index is 12.3. The maximum Gasteiger partial charge on any atom is 0.244 e. The largest absolute Gasteiger partial charge is 0.382 e. The highest BCUT2D eigenvalue weighted by Gasteiger charge is 2.41. The Hall–Kier alpha value is -1.35. The fourth-order valence-corrected chi connectivity index (χ4v) is 4.81. The van der Waals surface area contributed by atoms with Crippen molar-refractivity contribution in [2.24, 2.45) is 0 Å². The van der Waals surface area contributed by atoms with Crippen LogP contribution in [0.4, 0.5) is 10.8 Å². The Balaban J connectivity index is 2.28. The van der Waals surface area contributed by atoms with Crippen molar-refractivity contribution in [3.63, 3.8) is 0 Å². The number of nitrogens with one attached hydrogen (secondary N) is 1. The number of sulfone groups is 1. The summed E-state index contributed by atoms with van der Waals surface area (Å²) in [5, 5.41) is 2.89. The molecule has 1 saturated carbocycles. The topological polar surface area (TPSA) is 105 Å². The van der Waals surface area contributed by atoms with Crippen LogP contribution in [0.15, 0.2) is 4.90 Å². The summed E-state index contributed by atoms with van der Waals surface area (Å²) in [7, 11) is -0.155. The van der Waals surface area contributed by atoms with Crippen LogP contribution in [0.25, 0.3) is 0 Å². The molecule has 0 spiro atoms. The molecule has 0 aliphatic heterocycles. The van der Waals surface area contributed by atoms with Crippen molar-refractivity contribution in [1.29, 1.82) is 0 Å². The van der Waals surface area contributed by atoms with Gasteiger partial charge in [0.2, 0.25) is 5.91 Å². The summed E-state index contributed by atoms with van der Waals surface area (Å²) in [5.41, 5.74) is 5.69. The molecule has 20 heavy (non-hydrogen) atoms. The molecule has 2 rings (SSSR count). The molecule has 1 aliphatic carbocycles. The van der Waals surface area contributed by atoms with E-state index < -0.39 is 15.9 Å². The van der Waals surface area contributed by atoms with Gasteiger partial charge in [-0.15, -0.1) is 0 Å². The van der Waals surface area contributed by atoms with E-state index in [2.05, 4.69) is 9.69 Å². The number of hydrogen-bond acceptors (Lipinski definition) is 7. The van der Waals surface area contributed by atoms with Crippen LogP contribution in [-0.4, -0.2) is 49.0 Å². The summed E-state index contributed by atoms with van der Waals surface area (Å²) in [6, 6.07) is -0.544. The van der Waals surface area contributed by atoms with E-state index in [0.29, 0.717) is 17.8 Å².